The molecule has 0 radical (unpaired) electrons. The lowest BCUT2D eigenvalue weighted by Gasteiger charge is -2.24. The number of amidine groups is 1. The summed E-state index contributed by atoms with van der Waals surface area (Å²) in [7, 11) is 3.72. The minimum absolute atomic E-state index is 0.184. The number of para-hydroxylation sites is 1. The van der Waals surface area contributed by atoms with E-state index in [1.54, 1.807) is 7.05 Å². The second-order valence-electron chi connectivity index (χ2n) is 6.44. The Labute approximate surface area is 155 Å². The van der Waals surface area contributed by atoms with Crippen molar-refractivity contribution < 1.29 is 9.63 Å². The van der Waals surface area contributed by atoms with Gasteiger partial charge < -0.3 is 9.74 Å². The van der Waals surface area contributed by atoms with E-state index in [0.717, 1.165) is 17.1 Å². The van der Waals surface area contributed by atoms with E-state index in [4.69, 9.17) is 4.84 Å². The van der Waals surface area contributed by atoms with E-state index in [9.17, 15) is 4.79 Å². The maximum atomic E-state index is 12.2. The molecular weight excluding hydrogens is 326 g/mol. The summed E-state index contributed by atoms with van der Waals surface area (Å²) in [5.74, 6) is 1.71. The van der Waals surface area contributed by atoms with Crippen molar-refractivity contribution in [2.24, 2.45) is 4.99 Å². The second kappa shape index (κ2) is 8.52. The fraction of sp³-hybridized carbons (Fsp3) is 0.333. The number of amides is 1. The first-order chi connectivity index (χ1) is 12.3. The van der Waals surface area contributed by atoms with Gasteiger partial charge in [0.25, 0.3) is 5.91 Å². The van der Waals surface area contributed by atoms with E-state index in [-0.39, 0.29) is 5.91 Å². The second-order valence-corrected chi connectivity index (χ2v) is 6.44. The van der Waals surface area contributed by atoms with Crippen molar-refractivity contribution in [2.45, 2.75) is 33.6 Å². The SMILES string of the molecule is CN=C(C)N(C)c1ccc(N(Oc2ccccc2C(C)C)C(C)=O)cc1. The van der Waals surface area contributed by atoms with E-state index in [2.05, 4.69) is 18.8 Å². The Morgan fingerprint density at radius 2 is 1.58 bits per heavy atom. The quantitative estimate of drug-likeness (QED) is 0.447. The van der Waals surface area contributed by atoms with Crippen molar-refractivity contribution >= 4 is 23.1 Å². The Morgan fingerprint density at radius 3 is 2.12 bits per heavy atom. The van der Waals surface area contributed by atoms with Crippen LogP contribution in [0.4, 0.5) is 11.4 Å². The minimum Gasteiger partial charge on any atom is -0.372 e. The molecule has 0 heterocycles. The Balaban J connectivity index is 2.30. The number of aliphatic imine (C=N–C) groups is 1. The van der Waals surface area contributed by atoms with Gasteiger partial charge >= 0.3 is 0 Å². The van der Waals surface area contributed by atoms with Crippen LogP contribution in [0.3, 0.4) is 0 Å². The van der Waals surface area contributed by atoms with Crippen LogP contribution in [-0.4, -0.2) is 25.8 Å². The predicted molar refractivity (Wildman–Crippen MR) is 108 cm³/mol. The molecule has 0 bridgehead atoms. The molecule has 138 valence electrons. The fourth-order valence-corrected chi connectivity index (χ4v) is 2.59. The van der Waals surface area contributed by atoms with Crippen LogP contribution in [0.1, 0.15) is 39.2 Å². The molecule has 5 heteroatoms. The summed E-state index contributed by atoms with van der Waals surface area (Å²) in [5.41, 5.74) is 2.73. The summed E-state index contributed by atoms with van der Waals surface area (Å²) in [6.45, 7) is 7.64. The minimum atomic E-state index is -0.184. The lowest BCUT2D eigenvalue weighted by atomic mass is 10.0. The van der Waals surface area contributed by atoms with Crippen LogP contribution in [-0.2, 0) is 4.79 Å². The van der Waals surface area contributed by atoms with Crippen LogP contribution < -0.4 is 14.8 Å². The molecule has 0 spiro atoms. The smallest absolute Gasteiger partial charge is 0.256 e. The Kier molecular flexibility index (Phi) is 6.39. The van der Waals surface area contributed by atoms with Crippen molar-refractivity contribution in [1.29, 1.82) is 0 Å². The molecule has 2 aromatic rings. The number of nitrogens with zero attached hydrogens (tertiary/aromatic N) is 3. The number of carbonyl (C=O) groups is 1. The van der Waals surface area contributed by atoms with Crippen LogP contribution in [0.5, 0.6) is 5.75 Å². The average Bonchev–Trinajstić information content (AvgIpc) is 2.65. The number of hydroxylamine groups is 1. The summed E-state index contributed by atoms with van der Waals surface area (Å²) in [4.78, 5) is 24.3. The van der Waals surface area contributed by atoms with Gasteiger partial charge in [0.05, 0.1) is 11.5 Å². The van der Waals surface area contributed by atoms with Crippen LogP contribution in [0, 0.1) is 0 Å². The zero-order valence-electron chi connectivity index (χ0n) is 16.4. The maximum Gasteiger partial charge on any atom is 0.256 e. The topological polar surface area (TPSA) is 45.1 Å². The van der Waals surface area contributed by atoms with Crippen molar-refractivity contribution in [3.63, 3.8) is 0 Å². The molecular formula is C21H27N3O2. The fourth-order valence-electron chi connectivity index (χ4n) is 2.59. The first-order valence-corrected chi connectivity index (χ1v) is 8.70. The van der Waals surface area contributed by atoms with Crippen LogP contribution in [0.2, 0.25) is 0 Å². The summed E-state index contributed by atoms with van der Waals surface area (Å²) >= 11 is 0. The lowest BCUT2D eigenvalue weighted by molar-refractivity contribution is -0.120. The first kappa shape index (κ1) is 19.5. The third-order valence-electron chi connectivity index (χ3n) is 4.30. The van der Waals surface area contributed by atoms with Crippen molar-refractivity contribution in [1.82, 2.24) is 0 Å². The molecule has 2 aromatic carbocycles. The highest BCUT2D eigenvalue weighted by Crippen LogP contribution is 2.29. The van der Waals surface area contributed by atoms with Gasteiger partial charge in [0, 0.05) is 32.3 Å². The van der Waals surface area contributed by atoms with E-state index in [1.807, 2.05) is 67.4 Å². The lowest BCUT2D eigenvalue weighted by Crippen LogP contribution is -2.32. The van der Waals surface area contributed by atoms with Gasteiger partial charge in [-0.1, -0.05) is 32.0 Å². The van der Waals surface area contributed by atoms with Gasteiger partial charge in [0.15, 0.2) is 5.75 Å². The highest BCUT2D eigenvalue weighted by Gasteiger charge is 2.17. The van der Waals surface area contributed by atoms with Gasteiger partial charge in [-0.3, -0.25) is 9.79 Å². The maximum absolute atomic E-state index is 12.2. The zero-order valence-corrected chi connectivity index (χ0v) is 16.4. The third kappa shape index (κ3) is 4.42. The Hall–Kier alpha value is -2.82. The van der Waals surface area contributed by atoms with Gasteiger partial charge in [0.1, 0.15) is 0 Å². The van der Waals surface area contributed by atoms with Gasteiger partial charge in [-0.15, -0.1) is 5.06 Å². The molecule has 0 aliphatic carbocycles. The number of anilines is 2. The molecule has 0 aliphatic rings. The average molecular weight is 353 g/mol. The molecule has 0 atom stereocenters. The van der Waals surface area contributed by atoms with Crippen molar-refractivity contribution in [3.8, 4) is 5.75 Å². The first-order valence-electron chi connectivity index (χ1n) is 8.70. The third-order valence-corrected chi connectivity index (χ3v) is 4.30. The molecule has 0 unspecified atom stereocenters. The molecule has 0 fully saturated rings. The number of carbonyl (C=O) groups excluding carboxylic acids is 1. The molecule has 26 heavy (non-hydrogen) atoms. The molecule has 1 amide bonds. The molecule has 2 rings (SSSR count). The number of rotatable bonds is 5. The van der Waals surface area contributed by atoms with Gasteiger partial charge in [-0.05, 0) is 43.2 Å². The summed E-state index contributed by atoms with van der Waals surface area (Å²) in [6, 6.07) is 15.4. The molecule has 5 nitrogen and oxygen atoms in total. The monoisotopic (exact) mass is 353 g/mol. The molecule has 0 aromatic heterocycles. The number of benzene rings is 2. The van der Waals surface area contributed by atoms with Gasteiger partial charge in [0.2, 0.25) is 0 Å². The standard InChI is InChI=1S/C21H27N3O2/c1-15(2)20-9-7-8-10-21(20)26-24(17(4)25)19-13-11-18(12-14-19)23(6)16(3)22-5/h7-15H,1-6H3. The highest BCUT2D eigenvalue weighted by atomic mass is 16.7. The summed E-state index contributed by atoms with van der Waals surface area (Å²) < 4.78 is 0. The zero-order chi connectivity index (χ0) is 19.3. The summed E-state index contributed by atoms with van der Waals surface area (Å²) in [5, 5.41) is 1.33. The Morgan fingerprint density at radius 1 is 1.00 bits per heavy atom. The normalized spacial score (nSPS) is 11.4. The van der Waals surface area contributed by atoms with E-state index in [1.165, 1.54) is 12.0 Å². The predicted octanol–water partition coefficient (Wildman–Crippen LogP) is 4.64. The van der Waals surface area contributed by atoms with Crippen LogP contribution in [0.15, 0.2) is 53.5 Å². The van der Waals surface area contributed by atoms with Crippen LogP contribution in [0.25, 0.3) is 0 Å². The molecule has 0 N–H and O–H groups in total. The molecule has 0 aliphatic heterocycles. The van der Waals surface area contributed by atoms with Gasteiger partial charge in [-0.2, -0.15) is 0 Å². The van der Waals surface area contributed by atoms with E-state index < -0.39 is 0 Å². The Bertz CT molecular complexity index is 782. The number of hydrogen-bond donors (Lipinski definition) is 0. The van der Waals surface area contributed by atoms with E-state index >= 15 is 0 Å². The highest BCUT2D eigenvalue weighted by molar-refractivity contribution is 5.96. The molecule has 0 saturated heterocycles. The van der Waals surface area contributed by atoms with Crippen molar-refractivity contribution in [2.75, 3.05) is 24.1 Å². The van der Waals surface area contributed by atoms with Gasteiger partial charge in [-0.25, -0.2) is 0 Å². The van der Waals surface area contributed by atoms with E-state index in [0.29, 0.717) is 17.4 Å². The summed E-state index contributed by atoms with van der Waals surface area (Å²) in [6.07, 6.45) is 0. The number of hydrogen-bond acceptors (Lipinski definition) is 3. The van der Waals surface area contributed by atoms with Crippen LogP contribution >= 0.6 is 0 Å². The van der Waals surface area contributed by atoms with Crippen molar-refractivity contribution in [3.05, 3.63) is 54.1 Å². The molecule has 0 saturated carbocycles. The largest absolute Gasteiger partial charge is 0.372 e.